The molecule has 6 N–H and O–H groups in total. The Morgan fingerprint density at radius 3 is 2.04 bits per heavy atom. The van der Waals surface area contributed by atoms with Crippen LogP contribution in [-0.2, 0) is 23.9 Å². The van der Waals surface area contributed by atoms with E-state index in [0.29, 0.717) is 25.8 Å². The Morgan fingerprint density at radius 1 is 0.889 bits per heavy atom. The van der Waals surface area contributed by atoms with Crippen LogP contribution in [0.4, 0.5) is 0 Å². The Bertz CT molecular complexity index is 514. The summed E-state index contributed by atoms with van der Waals surface area (Å²) in [5.74, 6) is -1.61. The number of hydrogen-bond acceptors (Lipinski definition) is 7. The SMILES string of the molecule is CN[C@@H](C)C(=O)NCCCC[C@H](N)C(=O)N[C@H](C)C(=O)N[C@@H](C)C(=O)OC. The van der Waals surface area contributed by atoms with E-state index in [4.69, 9.17) is 5.73 Å². The molecule has 10 nitrogen and oxygen atoms in total. The number of likely N-dealkylation sites (N-methyl/N-ethyl adjacent to an activating group) is 1. The van der Waals surface area contributed by atoms with Gasteiger partial charge in [-0.05, 0) is 47.1 Å². The van der Waals surface area contributed by atoms with Crippen molar-refractivity contribution in [2.75, 3.05) is 20.7 Å². The largest absolute Gasteiger partial charge is 0.467 e. The Morgan fingerprint density at radius 2 is 1.48 bits per heavy atom. The molecule has 0 fully saturated rings. The molecule has 0 saturated carbocycles. The highest BCUT2D eigenvalue weighted by Gasteiger charge is 2.23. The van der Waals surface area contributed by atoms with E-state index in [-0.39, 0.29) is 11.9 Å². The Kier molecular flexibility index (Phi) is 12.0. The van der Waals surface area contributed by atoms with Crippen molar-refractivity contribution in [2.24, 2.45) is 5.73 Å². The Balaban J connectivity index is 4.11. The number of esters is 1. The lowest BCUT2D eigenvalue weighted by atomic mass is 10.1. The van der Waals surface area contributed by atoms with Crippen LogP contribution in [0.25, 0.3) is 0 Å². The number of nitrogens with two attached hydrogens (primary N) is 1. The average Bonchev–Trinajstić information content (AvgIpc) is 2.65. The third-order valence-electron chi connectivity index (χ3n) is 4.07. The number of hydrogen-bond donors (Lipinski definition) is 5. The molecule has 0 bridgehead atoms. The van der Waals surface area contributed by atoms with Gasteiger partial charge < -0.3 is 31.7 Å². The van der Waals surface area contributed by atoms with Crippen LogP contribution in [0.1, 0.15) is 40.0 Å². The molecule has 156 valence electrons. The van der Waals surface area contributed by atoms with Gasteiger partial charge in [-0.25, -0.2) is 4.79 Å². The third-order valence-corrected chi connectivity index (χ3v) is 4.07. The topological polar surface area (TPSA) is 152 Å². The molecule has 0 aliphatic rings. The second-order valence-electron chi connectivity index (χ2n) is 6.39. The van der Waals surface area contributed by atoms with E-state index in [0.717, 1.165) is 0 Å². The molecular weight excluding hydrogens is 354 g/mol. The van der Waals surface area contributed by atoms with E-state index in [9.17, 15) is 19.2 Å². The van der Waals surface area contributed by atoms with Gasteiger partial charge in [0, 0.05) is 6.54 Å². The zero-order valence-electron chi connectivity index (χ0n) is 16.8. The summed E-state index contributed by atoms with van der Waals surface area (Å²) in [6.45, 7) is 5.25. The molecule has 0 heterocycles. The van der Waals surface area contributed by atoms with Crippen molar-refractivity contribution < 1.29 is 23.9 Å². The smallest absolute Gasteiger partial charge is 0.328 e. The molecule has 27 heavy (non-hydrogen) atoms. The predicted octanol–water partition coefficient (Wildman–Crippen LogP) is -1.61. The van der Waals surface area contributed by atoms with Crippen LogP contribution in [0, 0.1) is 0 Å². The molecule has 0 aliphatic carbocycles. The zero-order chi connectivity index (χ0) is 21.0. The van der Waals surface area contributed by atoms with Gasteiger partial charge in [0.15, 0.2) is 0 Å². The second kappa shape index (κ2) is 13.0. The fraction of sp³-hybridized carbons (Fsp3) is 0.765. The first kappa shape index (κ1) is 24.8. The third kappa shape index (κ3) is 9.90. The van der Waals surface area contributed by atoms with Crippen molar-refractivity contribution in [1.82, 2.24) is 21.3 Å². The second-order valence-corrected chi connectivity index (χ2v) is 6.39. The lowest BCUT2D eigenvalue weighted by Crippen LogP contribution is -2.52. The number of carbonyl (C=O) groups is 4. The first-order valence-electron chi connectivity index (χ1n) is 9.03. The van der Waals surface area contributed by atoms with E-state index in [1.807, 2.05) is 0 Å². The summed E-state index contributed by atoms with van der Waals surface area (Å²) in [5, 5.41) is 10.6. The molecule has 0 saturated heterocycles. The van der Waals surface area contributed by atoms with Crippen molar-refractivity contribution in [1.29, 1.82) is 0 Å². The van der Waals surface area contributed by atoms with Gasteiger partial charge >= 0.3 is 5.97 Å². The minimum Gasteiger partial charge on any atom is -0.467 e. The summed E-state index contributed by atoms with van der Waals surface area (Å²) in [5.41, 5.74) is 5.83. The lowest BCUT2D eigenvalue weighted by molar-refractivity contribution is -0.144. The molecule has 0 rings (SSSR count). The summed E-state index contributed by atoms with van der Waals surface area (Å²) >= 11 is 0. The summed E-state index contributed by atoms with van der Waals surface area (Å²) < 4.78 is 4.52. The maximum Gasteiger partial charge on any atom is 0.328 e. The van der Waals surface area contributed by atoms with Gasteiger partial charge in [0.2, 0.25) is 17.7 Å². The monoisotopic (exact) mass is 387 g/mol. The van der Waals surface area contributed by atoms with Gasteiger partial charge in [0.1, 0.15) is 12.1 Å². The molecule has 3 amide bonds. The lowest BCUT2D eigenvalue weighted by Gasteiger charge is -2.19. The van der Waals surface area contributed by atoms with Gasteiger partial charge in [-0.1, -0.05) is 0 Å². The fourth-order valence-electron chi connectivity index (χ4n) is 2.08. The molecule has 10 heteroatoms. The quantitative estimate of drug-likeness (QED) is 0.200. The minimum absolute atomic E-state index is 0.0828. The van der Waals surface area contributed by atoms with Gasteiger partial charge in [-0.2, -0.15) is 0 Å². The summed E-state index contributed by atoms with van der Waals surface area (Å²) in [4.78, 5) is 46.9. The van der Waals surface area contributed by atoms with E-state index in [1.165, 1.54) is 21.0 Å². The predicted molar refractivity (Wildman–Crippen MR) is 101 cm³/mol. The first-order chi connectivity index (χ1) is 12.6. The van der Waals surface area contributed by atoms with Crippen LogP contribution in [0.5, 0.6) is 0 Å². The number of carbonyl (C=O) groups excluding carboxylic acids is 4. The molecule has 0 radical (unpaired) electrons. The van der Waals surface area contributed by atoms with Crippen LogP contribution in [0.2, 0.25) is 0 Å². The Labute approximate surface area is 160 Å². The van der Waals surface area contributed by atoms with E-state index in [1.54, 1.807) is 14.0 Å². The van der Waals surface area contributed by atoms with Crippen molar-refractivity contribution in [3.63, 3.8) is 0 Å². The first-order valence-corrected chi connectivity index (χ1v) is 9.03. The summed E-state index contributed by atoms with van der Waals surface area (Å²) in [7, 11) is 2.93. The van der Waals surface area contributed by atoms with Crippen molar-refractivity contribution >= 4 is 23.7 Å². The van der Waals surface area contributed by atoms with Crippen LogP contribution in [-0.4, -0.2) is 68.6 Å². The highest BCUT2D eigenvalue weighted by Crippen LogP contribution is 2.00. The molecule has 0 aromatic rings. The number of methoxy groups -OCH3 is 1. The van der Waals surface area contributed by atoms with E-state index >= 15 is 0 Å². The number of amides is 3. The number of ether oxygens (including phenoxy) is 1. The highest BCUT2D eigenvalue weighted by atomic mass is 16.5. The molecule has 0 aliphatic heterocycles. The fourth-order valence-corrected chi connectivity index (χ4v) is 2.08. The maximum absolute atomic E-state index is 12.0. The van der Waals surface area contributed by atoms with Gasteiger partial charge in [-0.3, -0.25) is 14.4 Å². The van der Waals surface area contributed by atoms with Crippen molar-refractivity contribution in [2.45, 2.75) is 64.2 Å². The number of nitrogens with one attached hydrogen (secondary N) is 4. The van der Waals surface area contributed by atoms with Gasteiger partial charge in [0.05, 0.1) is 19.2 Å². The van der Waals surface area contributed by atoms with Gasteiger partial charge in [-0.15, -0.1) is 0 Å². The van der Waals surface area contributed by atoms with E-state index < -0.39 is 35.9 Å². The van der Waals surface area contributed by atoms with Gasteiger partial charge in [0.25, 0.3) is 0 Å². The highest BCUT2D eigenvalue weighted by molar-refractivity contribution is 5.91. The van der Waals surface area contributed by atoms with Crippen LogP contribution in [0.3, 0.4) is 0 Å². The molecule has 0 aromatic carbocycles. The molecule has 0 spiro atoms. The zero-order valence-corrected chi connectivity index (χ0v) is 16.8. The van der Waals surface area contributed by atoms with Crippen LogP contribution >= 0.6 is 0 Å². The molecule has 0 aromatic heterocycles. The molecular formula is C17H33N5O5. The van der Waals surface area contributed by atoms with Crippen molar-refractivity contribution in [3.8, 4) is 0 Å². The molecule has 4 atom stereocenters. The molecule has 0 unspecified atom stereocenters. The normalized spacial score (nSPS) is 15.0. The number of rotatable bonds is 12. The minimum atomic E-state index is -0.835. The van der Waals surface area contributed by atoms with E-state index in [2.05, 4.69) is 26.0 Å². The van der Waals surface area contributed by atoms with Crippen LogP contribution in [0.15, 0.2) is 0 Å². The van der Waals surface area contributed by atoms with Crippen LogP contribution < -0.4 is 27.0 Å². The Hall–Kier alpha value is -2.20. The van der Waals surface area contributed by atoms with Crippen molar-refractivity contribution in [3.05, 3.63) is 0 Å². The summed E-state index contributed by atoms with van der Waals surface area (Å²) in [6, 6.07) is -2.66. The maximum atomic E-state index is 12.0. The average molecular weight is 387 g/mol. The number of unbranched alkanes of at least 4 members (excludes halogenated alkanes) is 1. The summed E-state index contributed by atoms with van der Waals surface area (Å²) in [6.07, 6.45) is 1.77. The standard InChI is InChI=1S/C17H33N5O5/c1-10(19-4)14(23)20-9-7-6-8-13(18)16(25)21-11(2)15(24)22-12(3)17(26)27-5/h10-13,19H,6-9,18H2,1-5H3,(H,20,23)(H,21,25)(H,22,24)/t10-,11+,12-,13-/m0/s1.